The number of nitrogens with zero attached hydrogens (tertiary/aromatic N) is 1. The molecule has 1 aliphatic carbocycles. The highest BCUT2D eigenvalue weighted by molar-refractivity contribution is 7.89. The fourth-order valence-electron chi connectivity index (χ4n) is 3.87. The van der Waals surface area contributed by atoms with E-state index in [9.17, 15) is 8.42 Å². The van der Waals surface area contributed by atoms with E-state index in [0.29, 0.717) is 11.4 Å². The maximum atomic E-state index is 13.2. The number of hydrogen-bond donors (Lipinski definition) is 0. The summed E-state index contributed by atoms with van der Waals surface area (Å²) in [6.07, 6.45) is 9.52. The van der Waals surface area contributed by atoms with E-state index in [1.54, 1.807) is 12.1 Å². The fraction of sp³-hybridized carbons (Fsp3) is 0.654. The molecule has 0 heterocycles. The van der Waals surface area contributed by atoms with E-state index in [1.807, 2.05) is 39.0 Å². The Kier molecular flexibility index (Phi) is 8.80. The predicted molar refractivity (Wildman–Crippen MR) is 137 cm³/mol. The van der Waals surface area contributed by atoms with Gasteiger partial charge in [-0.1, -0.05) is 57.7 Å². The molecule has 1 saturated carbocycles. The molecule has 0 aliphatic heterocycles. The van der Waals surface area contributed by atoms with Gasteiger partial charge in [0, 0.05) is 12.6 Å². The van der Waals surface area contributed by atoms with Gasteiger partial charge in [0.25, 0.3) is 0 Å². The Bertz CT molecular complexity index is 915. The molecule has 1 aromatic rings. The van der Waals surface area contributed by atoms with Crippen LogP contribution in [0.15, 0.2) is 47.0 Å². The van der Waals surface area contributed by atoms with Crippen molar-refractivity contribution in [2.45, 2.75) is 108 Å². The molecule has 1 aliphatic rings. The first-order chi connectivity index (χ1) is 14.7. The van der Waals surface area contributed by atoms with Crippen molar-refractivity contribution in [3.63, 3.8) is 0 Å². The van der Waals surface area contributed by atoms with Gasteiger partial charge in [-0.25, -0.2) is 8.42 Å². The molecule has 0 bridgehead atoms. The molecule has 0 spiro atoms. The standard InChI is InChI=1S/C26H43NO3SSi/c1-22(2)27(31(28,29)24-16-14-23(3)15-17-24)21-13-12-20-26(18-10-9-11-19-26)30-32(7,8)25(4,5)6/h13-17,20,22H,9-11,18-19,21H2,1-8H3. The van der Waals surface area contributed by atoms with Crippen LogP contribution in [0.2, 0.25) is 18.1 Å². The lowest BCUT2D eigenvalue weighted by Crippen LogP contribution is -2.49. The van der Waals surface area contributed by atoms with Gasteiger partial charge in [-0.15, -0.1) is 5.73 Å². The van der Waals surface area contributed by atoms with Gasteiger partial charge in [-0.3, -0.25) is 0 Å². The molecule has 0 amide bonds. The minimum absolute atomic E-state index is 0.144. The van der Waals surface area contributed by atoms with Crippen LogP contribution in [0.5, 0.6) is 0 Å². The lowest BCUT2D eigenvalue weighted by molar-refractivity contribution is 0.0626. The monoisotopic (exact) mass is 477 g/mol. The van der Waals surface area contributed by atoms with Crippen molar-refractivity contribution >= 4 is 18.3 Å². The zero-order valence-corrected chi connectivity index (χ0v) is 23.2. The van der Waals surface area contributed by atoms with Crippen molar-refractivity contribution in [1.82, 2.24) is 4.31 Å². The third-order valence-corrected chi connectivity index (χ3v) is 13.5. The van der Waals surface area contributed by atoms with E-state index in [-0.39, 0.29) is 16.7 Å². The van der Waals surface area contributed by atoms with Crippen molar-refractivity contribution < 1.29 is 12.8 Å². The summed E-state index contributed by atoms with van der Waals surface area (Å²) in [7, 11) is -5.50. The summed E-state index contributed by atoms with van der Waals surface area (Å²) in [5.74, 6) is 0. The van der Waals surface area contributed by atoms with Gasteiger partial charge in [0.15, 0.2) is 8.32 Å². The Morgan fingerprint density at radius 2 is 1.69 bits per heavy atom. The van der Waals surface area contributed by atoms with E-state index in [1.165, 1.54) is 10.7 Å². The number of hydrogen-bond acceptors (Lipinski definition) is 3. The summed E-state index contributed by atoms with van der Waals surface area (Å²) >= 11 is 0. The molecular weight excluding hydrogens is 434 g/mol. The number of benzene rings is 1. The molecule has 1 aromatic carbocycles. The molecule has 180 valence electrons. The van der Waals surface area contributed by atoms with E-state index < -0.39 is 18.3 Å². The number of rotatable bonds is 8. The van der Waals surface area contributed by atoms with E-state index in [4.69, 9.17) is 4.43 Å². The summed E-state index contributed by atoms with van der Waals surface area (Å²) in [5, 5.41) is 0.144. The highest BCUT2D eigenvalue weighted by Crippen LogP contribution is 2.43. The van der Waals surface area contributed by atoms with Crippen LogP contribution in [-0.2, 0) is 14.4 Å². The Labute approximate surface area is 197 Å². The highest BCUT2D eigenvalue weighted by Gasteiger charge is 2.44. The van der Waals surface area contributed by atoms with Gasteiger partial charge in [0.2, 0.25) is 10.0 Å². The molecule has 0 saturated heterocycles. The normalized spacial score (nSPS) is 17.3. The summed E-state index contributed by atoms with van der Waals surface area (Å²) in [5.41, 5.74) is 4.09. The molecule has 0 atom stereocenters. The molecule has 32 heavy (non-hydrogen) atoms. The zero-order chi connectivity index (χ0) is 24.2. The first-order valence-corrected chi connectivity index (χ1v) is 16.3. The molecular formula is C26H43NO3SSi. The van der Waals surface area contributed by atoms with Crippen LogP contribution >= 0.6 is 0 Å². The smallest absolute Gasteiger partial charge is 0.243 e. The van der Waals surface area contributed by atoms with Crippen molar-refractivity contribution in [3.8, 4) is 0 Å². The third kappa shape index (κ3) is 6.68. The predicted octanol–water partition coefficient (Wildman–Crippen LogP) is 6.83. The van der Waals surface area contributed by atoms with Gasteiger partial charge >= 0.3 is 0 Å². The zero-order valence-electron chi connectivity index (χ0n) is 21.4. The average molecular weight is 478 g/mol. The van der Waals surface area contributed by atoms with Gasteiger partial charge in [-0.2, -0.15) is 4.31 Å². The first kappa shape index (κ1) is 27.1. The van der Waals surface area contributed by atoms with Crippen molar-refractivity contribution in [1.29, 1.82) is 0 Å². The van der Waals surface area contributed by atoms with Crippen LogP contribution in [0.4, 0.5) is 0 Å². The maximum Gasteiger partial charge on any atom is 0.243 e. The summed E-state index contributed by atoms with van der Waals surface area (Å²) in [6, 6.07) is 6.90. The molecule has 0 radical (unpaired) electrons. The molecule has 0 N–H and O–H groups in total. The Morgan fingerprint density at radius 3 is 2.19 bits per heavy atom. The van der Waals surface area contributed by atoms with Gasteiger partial charge in [-0.05, 0) is 76.0 Å². The second-order valence-corrected chi connectivity index (χ2v) is 17.6. The lowest BCUT2D eigenvalue weighted by atomic mass is 9.85. The van der Waals surface area contributed by atoms with Crippen LogP contribution in [0, 0.1) is 6.92 Å². The maximum absolute atomic E-state index is 13.2. The minimum Gasteiger partial charge on any atom is -0.407 e. The minimum atomic E-state index is -3.56. The lowest BCUT2D eigenvalue weighted by Gasteiger charge is -2.46. The summed E-state index contributed by atoms with van der Waals surface area (Å²) in [4.78, 5) is 0.333. The van der Waals surface area contributed by atoms with Crippen LogP contribution in [0.3, 0.4) is 0 Å². The quantitative estimate of drug-likeness (QED) is 0.304. The van der Waals surface area contributed by atoms with Crippen LogP contribution < -0.4 is 0 Å². The van der Waals surface area contributed by atoms with Crippen LogP contribution in [0.25, 0.3) is 0 Å². The first-order valence-electron chi connectivity index (χ1n) is 11.9. The molecule has 4 nitrogen and oxygen atoms in total. The Morgan fingerprint density at radius 1 is 1.12 bits per heavy atom. The van der Waals surface area contributed by atoms with Crippen LogP contribution in [-0.4, -0.2) is 39.2 Å². The molecule has 0 unspecified atom stereocenters. The van der Waals surface area contributed by atoms with Crippen molar-refractivity contribution in [2.24, 2.45) is 0 Å². The van der Waals surface area contributed by atoms with E-state index in [0.717, 1.165) is 31.2 Å². The van der Waals surface area contributed by atoms with Gasteiger partial charge in [0.05, 0.1) is 10.5 Å². The Hall–Kier alpha value is -1.17. The third-order valence-electron chi connectivity index (χ3n) is 6.90. The van der Waals surface area contributed by atoms with E-state index >= 15 is 0 Å². The molecule has 6 heteroatoms. The summed E-state index contributed by atoms with van der Waals surface area (Å²) < 4.78 is 34.8. The number of sulfonamides is 1. The van der Waals surface area contributed by atoms with Crippen molar-refractivity contribution in [3.05, 3.63) is 47.7 Å². The molecule has 0 aromatic heterocycles. The van der Waals surface area contributed by atoms with Crippen LogP contribution in [0.1, 0.15) is 72.3 Å². The summed E-state index contributed by atoms with van der Waals surface area (Å²) in [6.45, 7) is 17.5. The second-order valence-electron chi connectivity index (χ2n) is 11.0. The fourth-order valence-corrected chi connectivity index (χ4v) is 7.04. The second kappa shape index (κ2) is 10.4. The highest BCUT2D eigenvalue weighted by atomic mass is 32.2. The van der Waals surface area contributed by atoms with E-state index in [2.05, 4.69) is 45.7 Å². The van der Waals surface area contributed by atoms with Gasteiger partial charge in [0.1, 0.15) is 0 Å². The number of aryl methyl sites for hydroxylation is 1. The Balaban J connectivity index is 2.27. The van der Waals surface area contributed by atoms with Gasteiger partial charge < -0.3 is 4.43 Å². The average Bonchev–Trinajstić information content (AvgIpc) is 2.67. The largest absolute Gasteiger partial charge is 0.407 e. The van der Waals surface area contributed by atoms with Crippen molar-refractivity contribution in [2.75, 3.05) is 6.54 Å². The molecule has 2 rings (SSSR count). The SMILES string of the molecule is Cc1ccc(S(=O)(=O)N(CC=C=CC2(O[Si](C)(C)C(C)(C)C)CCCCC2)C(C)C)cc1. The topological polar surface area (TPSA) is 46.6 Å². The molecule has 1 fully saturated rings.